The number of aromatic nitrogens is 2. The van der Waals surface area contributed by atoms with Crippen LogP contribution in [0.1, 0.15) is 30.1 Å². The smallest absolute Gasteiger partial charge is 0.262 e. The van der Waals surface area contributed by atoms with Crippen LogP contribution in [0.2, 0.25) is 0 Å². The number of nitrogens with zero attached hydrogens (tertiary/aromatic N) is 1. The van der Waals surface area contributed by atoms with Crippen LogP contribution in [-0.2, 0) is 0 Å². The third kappa shape index (κ3) is 1.90. The number of aromatic amines is 1. The van der Waals surface area contributed by atoms with Crippen molar-refractivity contribution in [1.82, 2.24) is 9.97 Å². The highest BCUT2D eigenvalue weighted by Gasteiger charge is 2.27. The average molecular weight is 242 g/mol. The number of hydrogen-bond acceptors (Lipinski definition) is 3. The second kappa shape index (κ2) is 3.98. The monoisotopic (exact) mass is 242 g/mol. The maximum atomic E-state index is 12.0. The zero-order valence-electron chi connectivity index (χ0n) is 10.1. The van der Waals surface area contributed by atoms with Gasteiger partial charge in [0.05, 0.1) is 0 Å². The largest absolute Gasteiger partial charge is 0.493 e. The van der Waals surface area contributed by atoms with Crippen LogP contribution in [0.3, 0.4) is 0 Å². The normalized spacial score (nSPS) is 14.7. The summed E-state index contributed by atoms with van der Waals surface area (Å²) in [7, 11) is 0. The van der Waals surface area contributed by atoms with Crippen molar-refractivity contribution in [2.75, 3.05) is 0 Å². The molecule has 0 radical (unpaired) electrons. The predicted octanol–water partition coefficient (Wildman–Crippen LogP) is 2.33. The Morgan fingerprint density at radius 2 is 2.17 bits per heavy atom. The summed E-state index contributed by atoms with van der Waals surface area (Å²) in [6.45, 7) is 1.95. The lowest BCUT2D eigenvalue weighted by Crippen LogP contribution is -2.13. The summed E-state index contributed by atoms with van der Waals surface area (Å²) in [5.74, 6) is 0.746. The van der Waals surface area contributed by atoms with Gasteiger partial charge < -0.3 is 10.1 Å². The van der Waals surface area contributed by atoms with Crippen molar-refractivity contribution < 1.29 is 5.11 Å². The van der Waals surface area contributed by atoms with Crippen LogP contribution >= 0.6 is 0 Å². The van der Waals surface area contributed by atoms with Gasteiger partial charge in [-0.1, -0.05) is 29.8 Å². The summed E-state index contributed by atoms with van der Waals surface area (Å²) in [5, 5.41) is 9.96. The minimum Gasteiger partial charge on any atom is -0.493 e. The lowest BCUT2D eigenvalue weighted by molar-refractivity contribution is 0.450. The van der Waals surface area contributed by atoms with Crippen LogP contribution in [0.4, 0.5) is 0 Å². The molecule has 0 bridgehead atoms. The quantitative estimate of drug-likeness (QED) is 0.849. The molecule has 1 aromatic carbocycles. The van der Waals surface area contributed by atoms with Gasteiger partial charge >= 0.3 is 0 Å². The summed E-state index contributed by atoms with van der Waals surface area (Å²) < 4.78 is 0. The Bertz CT molecular complexity index is 657. The van der Waals surface area contributed by atoms with Crippen molar-refractivity contribution in [2.24, 2.45) is 0 Å². The van der Waals surface area contributed by atoms with E-state index in [4.69, 9.17) is 0 Å². The van der Waals surface area contributed by atoms with E-state index in [1.54, 1.807) is 6.07 Å². The number of benzene rings is 1. The predicted molar refractivity (Wildman–Crippen MR) is 68.7 cm³/mol. The van der Waals surface area contributed by atoms with Crippen molar-refractivity contribution >= 4 is 0 Å². The Morgan fingerprint density at radius 3 is 2.78 bits per heavy atom. The molecule has 0 atom stereocenters. The molecule has 2 N–H and O–H groups in total. The fourth-order valence-electron chi connectivity index (χ4n) is 2.09. The molecule has 0 saturated heterocycles. The fraction of sp³-hybridized carbons (Fsp3) is 0.286. The molecule has 1 aliphatic carbocycles. The first-order valence-corrected chi connectivity index (χ1v) is 6.05. The first kappa shape index (κ1) is 11.0. The molecule has 92 valence electrons. The molecule has 4 heteroatoms. The molecule has 1 fully saturated rings. The lowest BCUT2D eigenvalue weighted by atomic mass is 10.1. The number of hydrogen-bond donors (Lipinski definition) is 2. The van der Waals surface area contributed by atoms with Crippen LogP contribution in [0.15, 0.2) is 29.1 Å². The minimum atomic E-state index is -0.269. The Labute approximate surface area is 104 Å². The number of aromatic hydroxyl groups is 1. The molecular weight excluding hydrogens is 228 g/mol. The first-order valence-electron chi connectivity index (χ1n) is 6.05. The van der Waals surface area contributed by atoms with E-state index in [9.17, 15) is 9.90 Å². The number of nitrogens with one attached hydrogen (secondary N) is 1. The minimum absolute atomic E-state index is 0.175. The van der Waals surface area contributed by atoms with Crippen LogP contribution in [0, 0.1) is 6.92 Å². The van der Waals surface area contributed by atoms with Gasteiger partial charge in [0, 0.05) is 5.92 Å². The summed E-state index contributed by atoms with van der Waals surface area (Å²) in [4.78, 5) is 18.9. The van der Waals surface area contributed by atoms with E-state index >= 15 is 0 Å². The summed E-state index contributed by atoms with van der Waals surface area (Å²) >= 11 is 0. The van der Waals surface area contributed by atoms with Crippen LogP contribution in [0.25, 0.3) is 11.1 Å². The highest BCUT2D eigenvalue weighted by molar-refractivity contribution is 5.67. The van der Waals surface area contributed by atoms with Gasteiger partial charge in [-0.2, -0.15) is 4.98 Å². The zero-order chi connectivity index (χ0) is 12.7. The topological polar surface area (TPSA) is 66.0 Å². The summed E-state index contributed by atoms with van der Waals surface area (Å²) in [6, 6.07) is 7.47. The van der Waals surface area contributed by atoms with Crippen molar-refractivity contribution in [2.45, 2.75) is 25.7 Å². The maximum Gasteiger partial charge on any atom is 0.262 e. The molecular formula is C14H14N2O2. The van der Waals surface area contributed by atoms with E-state index in [0.717, 1.165) is 18.4 Å². The van der Waals surface area contributed by atoms with Gasteiger partial charge in [-0.15, -0.1) is 0 Å². The summed E-state index contributed by atoms with van der Waals surface area (Å²) in [5.41, 5.74) is 1.72. The standard InChI is InChI=1S/C14H14N2O2/c1-8-3-2-4-10(7-8)11-13(17)15-12(9-5-6-9)16-14(11)18/h2-4,7,9H,5-6H2,1H3,(H2,15,16,17,18). The average Bonchev–Trinajstić information content (AvgIpc) is 3.11. The van der Waals surface area contributed by atoms with Gasteiger partial charge in [0.2, 0.25) is 5.88 Å². The molecule has 1 heterocycles. The van der Waals surface area contributed by atoms with Crippen LogP contribution in [0.5, 0.6) is 5.88 Å². The highest BCUT2D eigenvalue weighted by atomic mass is 16.3. The molecule has 4 nitrogen and oxygen atoms in total. The summed E-state index contributed by atoms with van der Waals surface area (Å²) in [6.07, 6.45) is 2.07. The van der Waals surface area contributed by atoms with Crippen molar-refractivity contribution in [1.29, 1.82) is 0 Å². The Hall–Kier alpha value is -2.10. The van der Waals surface area contributed by atoms with Crippen molar-refractivity contribution in [3.8, 4) is 17.0 Å². The number of rotatable bonds is 2. The molecule has 18 heavy (non-hydrogen) atoms. The zero-order valence-corrected chi connectivity index (χ0v) is 10.1. The Morgan fingerprint density at radius 1 is 1.39 bits per heavy atom. The third-order valence-electron chi connectivity index (χ3n) is 3.19. The van der Waals surface area contributed by atoms with Gasteiger partial charge in [0.1, 0.15) is 11.4 Å². The molecule has 0 spiro atoms. The van der Waals surface area contributed by atoms with Crippen LogP contribution in [-0.4, -0.2) is 15.1 Å². The van der Waals surface area contributed by atoms with E-state index in [1.807, 2.05) is 25.1 Å². The van der Waals surface area contributed by atoms with Crippen molar-refractivity contribution in [3.63, 3.8) is 0 Å². The van der Waals surface area contributed by atoms with Crippen LogP contribution < -0.4 is 5.56 Å². The molecule has 3 rings (SSSR count). The van der Waals surface area contributed by atoms with E-state index in [-0.39, 0.29) is 17.0 Å². The van der Waals surface area contributed by atoms with E-state index < -0.39 is 0 Å². The van der Waals surface area contributed by atoms with E-state index in [0.29, 0.717) is 17.3 Å². The van der Waals surface area contributed by atoms with Crippen molar-refractivity contribution in [3.05, 3.63) is 46.0 Å². The fourth-order valence-corrected chi connectivity index (χ4v) is 2.09. The van der Waals surface area contributed by atoms with Gasteiger partial charge in [0.15, 0.2) is 0 Å². The second-order valence-corrected chi connectivity index (χ2v) is 4.79. The van der Waals surface area contributed by atoms with Gasteiger partial charge in [-0.25, -0.2) is 0 Å². The van der Waals surface area contributed by atoms with E-state index in [1.165, 1.54) is 0 Å². The first-order chi connectivity index (χ1) is 8.65. The third-order valence-corrected chi connectivity index (χ3v) is 3.19. The molecule has 2 aromatic rings. The molecule has 1 aliphatic rings. The van der Waals surface area contributed by atoms with E-state index in [2.05, 4.69) is 9.97 Å². The van der Waals surface area contributed by atoms with Gasteiger partial charge in [-0.05, 0) is 25.3 Å². The Balaban J connectivity index is 2.15. The van der Waals surface area contributed by atoms with Gasteiger partial charge in [-0.3, -0.25) is 4.79 Å². The maximum absolute atomic E-state index is 12.0. The molecule has 0 unspecified atom stereocenters. The highest BCUT2D eigenvalue weighted by Crippen LogP contribution is 2.38. The SMILES string of the molecule is Cc1cccc(-c2c(O)nc(C3CC3)[nH]c2=O)c1. The molecule has 1 saturated carbocycles. The lowest BCUT2D eigenvalue weighted by Gasteiger charge is -2.06. The molecule has 1 aromatic heterocycles. The molecule has 0 aliphatic heterocycles. The Kier molecular flexibility index (Phi) is 2.44. The second-order valence-electron chi connectivity index (χ2n) is 4.79. The number of aryl methyl sites for hydroxylation is 1. The van der Waals surface area contributed by atoms with Gasteiger partial charge in [0.25, 0.3) is 5.56 Å². The number of H-pyrrole nitrogens is 1. The molecule has 0 amide bonds.